The smallest absolute Gasteiger partial charge is 0.251 e. The van der Waals surface area contributed by atoms with Gasteiger partial charge in [-0.3, -0.25) is 19.5 Å². The summed E-state index contributed by atoms with van der Waals surface area (Å²) in [4.78, 5) is 38.1. The van der Waals surface area contributed by atoms with Crippen molar-refractivity contribution in [1.29, 1.82) is 0 Å². The number of anilines is 2. The second kappa shape index (κ2) is 9.76. The van der Waals surface area contributed by atoms with Gasteiger partial charge in [0, 0.05) is 36.0 Å². The van der Waals surface area contributed by atoms with Crippen LogP contribution in [-0.2, 0) is 16.0 Å². The molecule has 1 saturated carbocycles. The van der Waals surface area contributed by atoms with Crippen molar-refractivity contribution in [2.24, 2.45) is 5.92 Å². The second-order valence-corrected chi connectivity index (χ2v) is 8.41. The molecule has 1 aliphatic carbocycles. The zero-order valence-corrected chi connectivity index (χ0v) is 17.7. The van der Waals surface area contributed by atoms with Crippen molar-refractivity contribution in [2.45, 2.75) is 51.4 Å². The van der Waals surface area contributed by atoms with Crippen LogP contribution in [0.3, 0.4) is 0 Å². The Morgan fingerprint density at radius 1 is 1.10 bits per heavy atom. The third kappa shape index (κ3) is 5.51. The van der Waals surface area contributed by atoms with E-state index in [4.69, 9.17) is 0 Å². The number of H-pyrrole nitrogens is 1. The molecule has 3 amide bonds. The number of nitrogens with zero attached hydrogens (tertiary/aromatic N) is 2. The number of carbonyl (C=O) groups excluding carboxylic acids is 3. The highest BCUT2D eigenvalue weighted by Crippen LogP contribution is 2.26. The van der Waals surface area contributed by atoms with Crippen molar-refractivity contribution < 1.29 is 14.4 Å². The summed E-state index contributed by atoms with van der Waals surface area (Å²) in [6.07, 6.45) is 8.80. The molecule has 164 valence electrons. The molecule has 1 aromatic carbocycles. The van der Waals surface area contributed by atoms with E-state index in [2.05, 4.69) is 20.8 Å². The van der Waals surface area contributed by atoms with Gasteiger partial charge in [-0.1, -0.05) is 32.1 Å². The first kappa shape index (κ1) is 21.1. The van der Waals surface area contributed by atoms with E-state index in [0.29, 0.717) is 30.3 Å². The summed E-state index contributed by atoms with van der Waals surface area (Å²) in [7, 11) is 0. The molecule has 2 fully saturated rings. The minimum absolute atomic E-state index is 0.106. The number of aromatic nitrogens is 2. The molecule has 0 spiro atoms. The molecule has 8 heteroatoms. The number of hydrogen-bond donors (Lipinski definition) is 3. The van der Waals surface area contributed by atoms with Crippen molar-refractivity contribution >= 4 is 29.2 Å². The molecular formula is C23H29N5O3. The highest BCUT2D eigenvalue weighted by Gasteiger charge is 2.22. The molecule has 8 nitrogen and oxygen atoms in total. The second-order valence-electron chi connectivity index (χ2n) is 8.41. The Hall–Kier alpha value is -3.16. The fourth-order valence-electron chi connectivity index (χ4n) is 4.40. The Morgan fingerprint density at radius 2 is 1.87 bits per heavy atom. The van der Waals surface area contributed by atoms with Crippen molar-refractivity contribution in [3.63, 3.8) is 0 Å². The first-order valence-electron chi connectivity index (χ1n) is 11.1. The number of nitrogens with one attached hydrogen (secondary N) is 3. The predicted octanol–water partition coefficient (Wildman–Crippen LogP) is 3.03. The largest absolute Gasteiger partial charge is 0.343 e. The Balaban J connectivity index is 1.23. The van der Waals surface area contributed by atoms with Crippen LogP contribution in [0.15, 0.2) is 30.3 Å². The van der Waals surface area contributed by atoms with Gasteiger partial charge in [0.2, 0.25) is 11.8 Å². The highest BCUT2D eigenvalue weighted by atomic mass is 16.2. The van der Waals surface area contributed by atoms with Crippen LogP contribution < -0.4 is 15.5 Å². The minimum atomic E-state index is -0.338. The highest BCUT2D eigenvalue weighted by molar-refractivity contribution is 6.00. The Kier molecular flexibility index (Phi) is 6.64. The average molecular weight is 424 g/mol. The lowest BCUT2D eigenvalue weighted by molar-refractivity contribution is -0.117. The zero-order chi connectivity index (χ0) is 21.6. The van der Waals surface area contributed by atoms with Crippen LogP contribution in [0.5, 0.6) is 0 Å². The molecule has 0 atom stereocenters. The zero-order valence-electron chi connectivity index (χ0n) is 17.7. The molecule has 2 aromatic rings. The molecule has 2 aliphatic rings. The van der Waals surface area contributed by atoms with Gasteiger partial charge in [0.05, 0.1) is 6.54 Å². The number of amides is 3. The summed E-state index contributed by atoms with van der Waals surface area (Å²) in [5.74, 6) is 0.601. The summed E-state index contributed by atoms with van der Waals surface area (Å²) in [6.45, 7) is 0.566. The predicted molar refractivity (Wildman–Crippen MR) is 118 cm³/mol. The number of hydrogen-bond acceptors (Lipinski definition) is 4. The molecule has 0 bridgehead atoms. The van der Waals surface area contributed by atoms with Crippen LogP contribution in [0.1, 0.15) is 61.0 Å². The SMILES string of the molecule is O=C(CNC(=O)c1ccc(N2CCCC2=O)cc1)Nc1cc(CC2CCCCC2)[nH]n1. The maximum atomic E-state index is 12.3. The van der Waals surface area contributed by atoms with Crippen molar-refractivity contribution in [1.82, 2.24) is 15.5 Å². The van der Waals surface area contributed by atoms with Gasteiger partial charge in [-0.05, 0) is 43.0 Å². The van der Waals surface area contributed by atoms with E-state index in [-0.39, 0.29) is 24.3 Å². The van der Waals surface area contributed by atoms with Crippen LogP contribution in [0, 0.1) is 5.92 Å². The Morgan fingerprint density at radius 3 is 2.58 bits per heavy atom. The molecule has 1 aromatic heterocycles. The number of carbonyl (C=O) groups is 3. The lowest BCUT2D eigenvalue weighted by Crippen LogP contribution is -2.33. The Bertz CT molecular complexity index is 931. The third-order valence-corrected chi connectivity index (χ3v) is 6.06. The Labute approximate surface area is 181 Å². The van der Waals surface area contributed by atoms with E-state index in [0.717, 1.165) is 24.2 Å². The number of benzene rings is 1. The number of aromatic amines is 1. The van der Waals surface area contributed by atoms with Crippen molar-refractivity contribution in [2.75, 3.05) is 23.3 Å². The lowest BCUT2D eigenvalue weighted by atomic mass is 9.86. The van der Waals surface area contributed by atoms with E-state index in [9.17, 15) is 14.4 Å². The van der Waals surface area contributed by atoms with Gasteiger partial charge >= 0.3 is 0 Å². The monoisotopic (exact) mass is 423 g/mol. The van der Waals surface area contributed by atoms with Gasteiger partial charge in [0.1, 0.15) is 0 Å². The summed E-state index contributed by atoms with van der Waals surface area (Å²) < 4.78 is 0. The maximum Gasteiger partial charge on any atom is 0.251 e. The van der Waals surface area contributed by atoms with Crippen LogP contribution in [-0.4, -0.2) is 41.0 Å². The molecular weight excluding hydrogens is 394 g/mol. The van der Waals surface area contributed by atoms with E-state index in [1.54, 1.807) is 29.2 Å². The first-order chi connectivity index (χ1) is 15.1. The molecule has 0 radical (unpaired) electrons. The lowest BCUT2D eigenvalue weighted by Gasteiger charge is -2.20. The normalized spacial score (nSPS) is 17.0. The van der Waals surface area contributed by atoms with Gasteiger partial charge in [0.25, 0.3) is 5.91 Å². The van der Waals surface area contributed by atoms with Gasteiger partial charge in [-0.15, -0.1) is 0 Å². The quantitative estimate of drug-likeness (QED) is 0.636. The fourth-order valence-corrected chi connectivity index (χ4v) is 4.40. The standard InChI is InChI=1S/C23H29N5O3/c29-21(25-20-14-18(26-27-20)13-16-5-2-1-3-6-16)15-24-23(31)17-8-10-19(11-9-17)28-12-4-7-22(28)30/h8-11,14,16H,1-7,12-13,15H2,(H,24,31)(H2,25,26,27,29). The van der Waals surface area contributed by atoms with Crippen molar-refractivity contribution in [3.05, 3.63) is 41.6 Å². The van der Waals surface area contributed by atoms with Crippen LogP contribution in [0.25, 0.3) is 0 Å². The summed E-state index contributed by atoms with van der Waals surface area (Å²) in [5, 5.41) is 12.5. The molecule has 0 unspecified atom stereocenters. The van der Waals surface area contributed by atoms with E-state index < -0.39 is 0 Å². The maximum absolute atomic E-state index is 12.3. The minimum Gasteiger partial charge on any atom is -0.343 e. The van der Waals surface area contributed by atoms with Gasteiger partial charge in [-0.2, -0.15) is 5.10 Å². The van der Waals surface area contributed by atoms with Crippen molar-refractivity contribution in [3.8, 4) is 0 Å². The number of rotatable bonds is 7. The van der Waals surface area contributed by atoms with Gasteiger partial charge in [0.15, 0.2) is 5.82 Å². The molecule has 2 heterocycles. The summed E-state index contributed by atoms with van der Waals surface area (Å²) >= 11 is 0. The third-order valence-electron chi connectivity index (χ3n) is 6.06. The van der Waals surface area contributed by atoms with Crippen LogP contribution in [0.2, 0.25) is 0 Å². The van der Waals surface area contributed by atoms with Crippen LogP contribution >= 0.6 is 0 Å². The summed E-state index contributed by atoms with van der Waals surface area (Å²) in [6, 6.07) is 8.72. The molecule has 3 N–H and O–H groups in total. The molecule has 31 heavy (non-hydrogen) atoms. The molecule has 1 saturated heterocycles. The molecule has 4 rings (SSSR count). The summed E-state index contributed by atoms with van der Waals surface area (Å²) in [5.41, 5.74) is 2.26. The first-order valence-corrected chi connectivity index (χ1v) is 11.1. The fraction of sp³-hybridized carbons (Fsp3) is 0.478. The molecule has 1 aliphatic heterocycles. The van der Waals surface area contributed by atoms with Crippen LogP contribution in [0.4, 0.5) is 11.5 Å². The van der Waals surface area contributed by atoms with Gasteiger partial charge < -0.3 is 15.5 Å². The average Bonchev–Trinajstić information content (AvgIpc) is 3.41. The topological polar surface area (TPSA) is 107 Å². The van der Waals surface area contributed by atoms with Gasteiger partial charge in [-0.25, -0.2) is 0 Å². The van der Waals surface area contributed by atoms with E-state index >= 15 is 0 Å². The van der Waals surface area contributed by atoms with E-state index in [1.807, 2.05) is 6.07 Å². The van der Waals surface area contributed by atoms with E-state index in [1.165, 1.54) is 32.1 Å².